The first kappa shape index (κ1) is 11.9. The summed E-state index contributed by atoms with van der Waals surface area (Å²) in [5.74, 6) is 0.841. The second kappa shape index (κ2) is 4.73. The highest BCUT2D eigenvalue weighted by molar-refractivity contribution is 5.10. The third-order valence-corrected chi connectivity index (χ3v) is 4.39. The molecule has 0 bridgehead atoms. The van der Waals surface area contributed by atoms with Crippen molar-refractivity contribution in [2.75, 3.05) is 20.1 Å². The third-order valence-electron chi connectivity index (χ3n) is 4.39. The van der Waals surface area contributed by atoms with E-state index in [1.807, 2.05) is 7.05 Å². The van der Waals surface area contributed by atoms with Gasteiger partial charge in [0.15, 0.2) is 0 Å². The molecule has 2 rings (SSSR count). The van der Waals surface area contributed by atoms with Crippen molar-refractivity contribution in [3.8, 4) is 6.07 Å². The maximum atomic E-state index is 9.32. The van der Waals surface area contributed by atoms with Gasteiger partial charge in [-0.1, -0.05) is 6.92 Å². The van der Waals surface area contributed by atoms with Gasteiger partial charge < -0.3 is 10.2 Å². The molecule has 2 fully saturated rings. The van der Waals surface area contributed by atoms with Crippen molar-refractivity contribution >= 4 is 0 Å². The molecule has 3 unspecified atom stereocenters. The van der Waals surface area contributed by atoms with E-state index in [4.69, 9.17) is 0 Å². The number of nitrogens with zero attached hydrogens (tertiary/aromatic N) is 2. The largest absolute Gasteiger partial charge is 0.302 e. The Balaban J connectivity index is 1.99. The lowest BCUT2D eigenvalue weighted by atomic mass is 9.79. The van der Waals surface area contributed by atoms with Crippen molar-refractivity contribution in [1.82, 2.24) is 10.2 Å². The molecule has 0 spiro atoms. The molecule has 16 heavy (non-hydrogen) atoms. The second-order valence-electron chi connectivity index (χ2n) is 5.58. The number of nitriles is 1. The van der Waals surface area contributed by atoms with Crippen LogP contribution in [-0.4, -0.2) is 36.6 Å². The Hall–Kier alpha value is -0.590. The van der Waals surface area contributed by atoms with Gasteiger partial charge in [-0.3, -0.25) is 0 Å². The zero-order valence-corrected chi connectivity index (χ0v) is 10.5. The van der Waals surface area contributed by atoms with Crippen LogP contribution in [0.1, 0.15) is 39.0 Å². The van der Waals surface area contributed by atoms with E-state index in [1.165, 1.54) is 32.4 Å². The second-order valence-corrected chi connectivity index (χ2v) is 5.58. The Kier molecular flexibility index (Phi) is 3.51. The minimum atomic E-state index is -0.255. The Labute approximate surface area is 98.8 Å². The fraction of sp³-hybridized carbons (Fsp3) is 0.923. The summed E-state index contributed by atoms with van der Waals surface area (Å²) in [6.07, 6.45) is 5.81. The van der Waals surface area contributed by atoms with Crippen LogP contribution in [0.3, 0.4) is 0 Å². The van der Waals surface area contributed by atoms with E-state index >= 15 is 0 Å². The summed E-state index contributed by atoms with van der Waals surface area (Å²) in [6.45, 7) is 4.80. The van der Waals surface area contributed by atoms with Crippen LogP contribution in [0, 0.1) is 17.2 Å². The van der Waals surface area contributed by atoms with Gasteiger partial charge >= 0.3 is 0 Å². The zero-order valence-electron chi connectivity index (χ0n) is 10.5. The molecule has 2 aliphatic rings. The number of rotatable bonds is 2. The number of hydrogen-bond acceptors (Lipinski definition) is 3. The Morgan fingerprint density at radius 1 is 1.44 bits per heavy atom. The molecule has 1 aliphatic carbocycles. The lowest BCUT2D eigenvalue weighted by molar-refractivity contribution is 0.144. The minimum Gasteiger partial charge on any atom is -0.302 e. The molecule has 0 amide bonds. The van der Waals surface area contributed by atoms with Crippen molar-refractivity contribution in [3.63, 3.8) is 0 Å². The van der Waals surface area contributed by atoms with E-state index in [1.54, 1.807) is 0 Å². The normalized spacial score (nSPS) is 40.8. The standard InChI is InChI=1S/C13H23N3/c1-11-5-7-16(9-11)12-4-3-6-13(8-12,10-14)15-2/h11-12,15H,3-9H2,1-2H3. The first-order valence-corrected chi connectivity index (χ1v) is 6.53. The average molecular weight is 221 g/mol. The van der Waals surface area contributed by atoms with Crippen molar-refractivity contribution < 1.29 is 0 Å². The molecule has 0 aromatic rings. The molecule has 1 aliphatic heterocycles. The molecule has 3 nitrogen and oxygen atoms in total. The molecule has 1 saturated carbocycles. The molecule has 0 aromatic carbocycles. The molecule has 3 heteroatoms. The smallest absolute Gasteiger partial charge is 0.108 e. The first-order valence-electron chi connectivity index (χ1n) is 6.53. The van der Waals surface area contributed by atoms with Crippen LogP contribution in [0.15, 0.2) is 0 Å². The quantitative estimate of drug-likeness (QED) is 0.772. The summed E-state index contributed by atoms with van der Waals surface area (Å²) in [4.78, 5) is 2.60. The van der Waals surface area contributed by atoms with Crippen molar-refractivity contribution in [2.45, 2.75) is 50.6 Å². The molecule has 1 saturated heterocycles. The predicted molar refractivity (Wildman–Crippen MR) is 65.0 cm³/mol. The van der Waals surface area contributed by atoms with Gasteiger partial charge in [0.05, 0.1) is 6.07 Å². The van der Waals surface area contributed by atoms with Gasteiger partial charge in [-0.15, -0.1) is 0 Å². The SMILES string of the molecule is CNC1(C#N)CCCC(N2CCC(C)C2)C1. The fourth-order valence-corrected chi connectivity index (χ4v) is 3.24. The van der Waals surface area contributed by atoms with Crippen molar-refractivity contribution in [2.24, 2.45) is 5.92 Å². The Morgan fingerprint density at radius 2 is 2.25 bits per heavy atom. The summed E-state index contributed by atoms with van der Waals surface area (Å²) >= 11 is 0. The van der Waals surface area contributed by atoms with Gasteiger partial charge in [-0.25, -0.2) is 0 Å². The van der Waals surface area contributed by atoms with E-state index in [9.17, 15) is 5.26 Å². The summed E-state index contributed by atoms with van der Waals surface area (Å²) < 4.78 is 0. The Morgan fingerprint density at radius 3 is 2.81 bits per heavy atom. The number of hydrogen-bond donors (Lipinski definition) is 1. The van der Waals surface area contributed by atoms with E-state index in [2.05, 4.69) is 23.2 Å². The summed E-state index contributed by atoms with van der Waals surface area (Å²) in [5, 5.41) is 12.6. The van der Waals surface area contributed by atoms with Crippen LogP contribution >= 0.6 is 0 Å². The van der Waals surface area contributed by atoms with Gasteiger partial charge in [0.25, 0.3) is 0 Å². The molecule has 3 atom stereocenters. The van der Waals surface area contributed by atoms with Crippen LogP contribution < -0.4 is 5.32 Å². The van der Waals surface area contributed by atoms with Crippen LogP contribution in [0.25, 0.3) is 0 Å². The minimum absolute atomic E-state index is 0.255. The molecule has 1 heterocycles. The number of nitrogens with one attached hydrogen (secondary N) is 1. The summed E-state index contributed by atoms with van der Waals surface area (Å²) in [5.41, 5.74) is -0.255. The molecular formula is C13H23N3. The van der Waals surface area contributed by atoms with Crippen LogP contribution in [0.4, 0.5) is 0 Å². The predicted octanol–water partition coefficient (Wildman–Crippen LogP) is 1.75. The van der Waals surface area contributed by atoms with Gasteiger partial charge in [0.2, 0.25) is 0 Å². The number of likely N-dealkylation sites (tertiary alicyclic amines) is 1. The van der Waals surface area contributed by atoms with E-state index in [-0.39, 0.29) is 5.54 Å². The maximum Gasteiger partial charge on any atom is 0.108 e. The zero-order chi connectivity index (χ0) is 11.6. The monoisotopic (exact) mass is 221 g/mol. The van der Waals surface area contributed by atoms with Crippen LogP contribution in [-0.2, 0) is 0 Å². The van der Waals surface area contributed by atoms with Gasteiger partial charge in [0.1, 0.15) is 5.54 Å². The topological polar surface area (TPSA) is 39.1 Å². The molecule has 0 aromatic heterocycles. The van der Waals surface area contributed by atoms with E-state index in [0.717, 1.165) is 18.8 Å². The highest BCUT2D eigenvalue weighted by Crippen LogP contribution is 2.33. The fourth-order valence-electron chi connectivity index (χ4n) is 3.24. The van der Waals surface area contributed by atoms with Crippen molar-refractivity contribution in [3.05, 3.63) is 0 Å². The average Bonchev–Trinajstić information content (AvgIpc) is 2.76. The van der Waals surface area contributed by atoms with E-state index < -0.39 is 0 Å². The molecule has 0 radical (unpaired) electrons. The highest BCUT2D eigenvalue weighted by atomic mass is 15.2. The molecule has 1 N–H and O–H groups in total. The van der Waals surface area contributed by atoms with Gasteiger partial charge in [-0.2, -0.15) is 5.26 Å². The molecular weight excluding hydrogens is 198 g/mol. The van der Waals surface area contributed by atoms with Crippen LogP contribution in [0.2, 0.25) is 0 Å². The van der Waals surface area contributed by atoms with Crippen LogP contribution in [0.5, 0.6) is 0 Å². The van der Waals surface area contributed by atoms with E-state index in [0.29, 0.717) is 6.04 Å². The summed E-state index contributed by atoms with van der Waals surface area (Å²) in [7, 11) is 1.93. The van der Waals surface area contributed by atoms with Gasteiger partial charge in [0, 0.05) is 12.6 Å². The lowest BCUT2D eigenvalue weighted by Crippen LogP contribution is -2.51. The van der Waals surface area contributed by atoms with Crippen molar-refractivity contribution in [1.29, 1.82) is 5.26 Å². The maximum absolute atomic E-state index is 9.32. The molecule has 90 valence electrons. The lowest BCUT2D eigenvalue weighted by Gasteiger charge is -2.39. The Bertz CT molecular complexity index is 283. The van der Waals surface area contributed by atoms with Gasteiger partial charge in [-0.05, 0) is 51.6 Å². The summed E-state index contributed by atoms with van der Waals surface area (Å²) in [6, 6.07) is 3.12. The highest BCUT2D eigenvalue weighted by Gasteiger charge is 2.38. The third kappa shape index (κ3) is 2.23. The first-order chi connectivity index (χ1) is 7.69.